The number of aromatic nitrogens is 2. The van der Waals surface area contributed by atoms with Gasteiger partial charge in [0.25, 0.3) is 0 Å². The summed E-state index contributed by atoms with van der Waals surface area (Å²) in [7, 11) is 0. The number of nitrogens with one attached hydrogen (secondary N) is 1. The normalized spacial score (nSPS) is 12.2. The van der Waals surface area contributed by atoms with Crippen molar-refractivity contribution in [3.8, 4) is 11.3 Å². The molecule has 4 heteroatoms. The molecule has 1 aromatic carbocycles. The zero-order valence-corrected chi connectivity index (χ0v) is 12.1. The van der Waals surface area contributed by atoms with Crippen LogP contribution < -0.4 is 5.73 Å². The van der Waals surface area contributed by atoms with Crippen molar-refractivity contribution >= 4 is 27.4 Å². The molecule has 0 radical (unpaired) electrons. The number of aromatic amines is 1. The third-order valence-corrected chi connectivity index (χ3v) is 4.02. The van der Waals surface area contributed by atoms with Crippen LogP contribution in [-0.4, -0.2) is 9.97 Å². The van der Waals surface area contributed by atoms with E-state index in [4.69, 9.17) is 5.73 Å². The van der Waals surface area contributed by atoms with Crippen molar-refractivity contribution in [2.45, 2.75) is 26.2 Å². The second kappa shape index (κ2) is 4.10. The van der Waals surface area contributed by atoms with Crippen molar-refractivity contribution in [1.82, 2.24) is 9.97 Å². The zero-order valence-electron chi connectivity index (χ0n) is 11.3. The molecule has 2 heterocycles. The first-order valence-corrected chi connectivity index (χ1v) is 7.16. The monoisotopic (exact) mass is 271 g/mol. The van der Waals surface area contributed by atoms with Crippen LogP contribution in [0.2, 0.25) is 0 Å². The molecule has 98 valence electrons. The van der Waals surface area contributed by atoms with E-state index in [2.05, 4.69) is 48.9 Å². The van der Waals surface area contributed by atoms with Crippen LogP contribution in [-0.2, 0) is 5.41 Å². The largest absolute Gasteiger partial charge is 0.375 e. The van der Waals surface area contributed by atoms with Gasteiger partial charge in [-0.15, -0.1) is 11.3 Å². The van der Waals surface area contributed by atoms with Gasteiger partial charge in [0.1, 0.15) is 0 Å². The van der Waals surface area contributed by atoms with E-state index in [0.29, 0.717) is 5.13 Å². The van der Waals surface area contributed by atoms with Gasteiger partial charge in [-0.2, -0.15) is 0 Å². The van der Waals surface area contributed by atoms with Crippen LogP contribution in [0.15, 0.2) is 29.8 Å². The summed E-state index contributed by atoms with van der Waals surface area (Å²) in [6.45, 7) is 6.66. The lowest BCUT2D eigenvalue weighted by molar-refractivity contribution is 0.591. The molecule has 0 saturated heterocycles. The van der Waals surface area contributed by atoms with Gasteiger partial charge in [0.15, 0.2) is 5.13 Å². The molecule has 0 aliphatic carbocycles. The second-order valence-corrected chi connectivity index (χ2v) is 6.67. The molecule has 0 spiro atoms. The van der Waals surface area contributed by atoms with Gasteiger partial charge in [-0.1, -0.05) is 32.9 Å². The molecule has 3 rings (SSSR count). The molecule has 2 aromatic heterocycles. The van der Waals surface area contributed by atoms with Crippen LogP contribution in [0.4, 0.5) is 5.13 Å². The van der Waals surface area contributed by atoms with E-state index in [-0.39, 0.29) is 5.41 Å². The number of benzene rings is 1. The van der Waals surface area contributed by atoms with Crippen molar-refractivity contribution < 1.29 is 0 Å². The van der Waals surface area contributed by atoms with E-state index >= 15 is 0 Å². The maximum Gasteiger partial charge on any atom is 0.180 e. The second-order valence-electron chi connectivity index (χ2n) is 5.78. The van der Waals surface area contributed by atoms with Crippen LogP contribution in [0.5, 0.6) is 0 Å². The number of thiazole rings is 1. The Bertz CT molecular complexity index is 731. The number of H-pyrrole nitrogens is 1. The fourth-order valence-electron chi connectivity index (χ4n) is 2.22. The van der Waals surface area contributed by atoms with Crippen molar-refractivity contribution in [2.75, 3.05) is 5.73 Å². The maximum absolute atomic E-state index is 5.71. The van der Waals surface area contributed by atoms with Gasteiger partial charge in [-0.25, -0.2) is 4.98 Å². The molecule has 0 aliphatic heterocycles. The summed E-state index contributed by atoms with van der Waals surface area (Å²) in [5, 5.41) is 3.80. The molecule has 3 N–H and O–H groups in total. The fraction of sp³-hybridized carbons (Fsp3) is 0.267. The van der Waals surface area contributed by atoms with E-state index in [1.165, 1.54) is 22.3 Å². The number of hydrogen-bond acceptors (Lipinski definition) is 3. The molecule has 0 fully saturated rings. The molecule has 0 amide bonds. The van der Waals surface area contributed by atoms with Gasteiger partial charge in [-0.3, -0.25) is 0 Å². The average Bonchev–Trinajstić information content (AvgIpc) is 2.92. The number of rotatable bonds is 1. The highest BCUT2D eigenvalue weighted by atomic mass is 32.1. The Morgan fingerprint density at radius 2 is 2.05 bits per heavy atom. The van der Waals surface area contributed by atoms with E-state index in [1.807, 2.05) is 11.6 Å². The first-order valence-electron chi connectivity index (χ1n) is 6.28. The SMILES string of the molecule is CC(C)(C)c1ccc2c(-c3csc(N)n3)c[nH]c2c1. The molecule has 0 aliphatic rings. The van der Waals surface area contributed by atoms with Gasteiger partial charge in [-0.05, 0) is 17.0 Å². The summed E-state index contributed by atoms with van der Waals surface area (Å²) in [4.78, 5) is 7.68. The number of fused-ring (bicyclic) bond motifs is 1. The quantitative estimate of drug-likeness (QED) is 0.698. The Kier molecular flexibility index (Phi) is 2.64. The average molecular weight is 271 g/mol. The van der Waals surface area contributed by atoms with Crippen molar-refractivity contribution in [3.05, 3.63) is 35.3 Å². The lowest BCUT2D eigenvalue weighted by atomic mass is 9.86. The van der Waals surface area contributed by atoms with Crippen molar-refractivity contribution in [1.29, 1.82) is 0 Å². The van der Waals surface area contributed by atoms with Gasteiger partial charge in [0.05, 0.1) is 5.69 Å². The smallest absolute Gasteiger partial charge is 0.180 e. The molecule has 0 atom stereocenters. The fourth-order valence-corrected chi connectivity index (χ4v) is 2.78. The molecule has 0 unspecified atom stereocenters. The van der Waals surface area contributed by atoms with Gasteiger partial charge in [0, 0.05) is 28.0 Å². The molecule has 0 bridgehead atoms. The summed E-state index contributed by atoms with van der Waals surface area (Å²) in [5.41, 5.74) is 10.4. The lowest BCUT2D eigenvalue weighted by Crippen LogP contribution is -2.10. The Balaban J connectivity index is 2.15. The first-order chi connectivity index (χ1) is 8.95. The summed E-state index contributed by atoms with van der Waals surface area (Å²) in [6.07, 6.45) is 2.01. The van der Waals surface area contributed by atoms with Crippen LogP contribution in [0.1, 0.15) is 26.3 Å². The number of nitrogens with zero attached hydrogens (tertiary/aromatic N) is 1. The predicted molar refractivity (Wildman–Crippen MR) is 82.5 cm³/mol. The number of nitrogens with two attached hydrogens (primary N) is 1. The predicted octanol–water partition coefficient (Wildman–Crippen LogP) is 4.17. The van der Waals surface area contributed by atoms with Gasteiger partial charge >= 0.3 is 0 Å². The molecule has 19 heavy (non-hydrogen) atoms. The first kappa shape index (κ1) is 12.2. The summed E-state index contributed by atoms with van der Waals surface area (Å²) in [6, 6.07) is 6.57. The standard InChI is InChI=1S/C15H17N3S/c1-15(2,3)9-4-5-10-11(7-17-12(10)6-9)13-8-19-14(16)18-13/h4-8,17H,1-3H3,(H2,16,18). The number of anilines is 1. The summed E-state index contributed by atoms with van der Waals surface area (Å²) >= 11 is 1.47. The molecule has 3 aromatic rings. The number of nitrogen functional groups attached to an aromatic ring is 1. The third kappa shape index (κ3) is 2.12. The van der Waals surface area contributed by atoms with Crippen LogP contribution in [0.3, 0.4) is 0 Å². The molecule has 3 nitrogen and oxygen atoms in total. The number of hydrogen-bond donors (Lipinski definition) is 2. The maximum atomic E-state index is 5.71. The Morgan fingerprint density at radius 1 is 1.26 bits per heavy atom. The highest BCUT2D eigenvalue weighted by Crippen LogP contribution is 2.32. The minimum atomic E-state index is 0.157. The zero-order chi connectivity index (χ0) is 13.6. The van der Waals surface area contributed by atoms with Crippen LogP contribution in [0.25, 0.3) is 22.2 Å². The Morgan fingerprint density at radius 3 is 2.68 bits per heavy atom. The minimum Gasteiger partial charge on any atom is -0.375 e. The highest BCUT2D eigenvalue weighted by Gasteiger charge is 2.16. The van der Waals surface area contributed by atoms with Gasteiger partial charge in [0.2, 0.25) is 0 Å². The molecule has 0 saturated carbocycles. The van der Waals surface area contributed by atoms with E-state index < -0.39 is 0 Å². The Labute approximate surface area is 116 Å². The van der Waals surface area contributed by atoms with E-state index in [1.54, 1.807) is 0 Å². The third-order valence-electron chi connectivity index (χ3n) is 3.35. The topological polar surface area (TPSA) is 54.7 Å². The molecular formula is C15H17N3S. The molecular weight excluding hydrogens is 254 g/mol. The van der Waals surface area contributed by atoms with Crippen LogP contribution in [0, 0.1) is 0 Å². The summed E-state index contributed by atoms with van der Waals surface area (Å²) in [5.74, 6) is 0. The Hall–Kier alpha value is -1.81. The lowest BCUT2D eigenvalue weighted by Gasteiger charge is -2.18. The van der Waals surface area contributed by atoms with E-state index in [9.17, 15) is 0 Å². The highest BCUT2D eigenvalue weighted by molar-refractivity contribution is 7.13. The summed E-state index contributed by atoms with van der Waals surface area (Å²) < 4.78 is 0. The van der Waals surface area contributed by atoms with E-state index in [0.717, 1.165) is 16.8 Å². The van der Waals surface area contributed by atoms with Crippen LogP contribution >= 0.6 is 11.3 Å². The minimum absolute atomic E-state index is 0.157. The van der Waals surface area contributed by atoms with Crippen molar-refractivity contribution in [2.24, 2.45) is 0 Å². The van der Waals surface area contributed by atoms with Crippen molar-refractivity contribution in [3.63, 3.8) is 0 Å². The van der Waals surface area contributed by atoms with Gasteiger partial charge < -0.3 is 10.7 Å².